The molecule has 1 fully saturated rings. The molecule has 1 amide bonds. The van der Waals surface area contributed by atoms with Crippen LogP contribution in [0.15, 0.2) is 33.4 Å². The Morgan fingerprint density at radius 3 is 2.69 bits per heavy atom. The quantitative estimate of drug-likeness (QED) is 0.779. The van der Waals surface area contributed by atoms with Gasteiger partial charge in [0.15, 0.2) is 11.5 Å². The third-order valence-electron chi connectivity index (χ3n) is 5.09. The van der Waals surface area contributed by atoms with Crippen LogP contribution in [-0.2, 0) is 4.74 Å². The number of hydrogen-bond donors (Lipinski definition) is 1. The van der Waals surface area contributed by atoms with Gasteiger partial charge in [0.2, 0.25) is 5.76 Å². The standard InChI is InChI=1S/C19H27N3O4/c1-3-14(4-2)16(22-7-10-24-11-8-22)13-20-19(23)15-12-18(26-21-15)17-6-5-9-25-17/h5-6,9,12,14,16H,3-4,7-8,10-11,13H2,1-2H3,(H,20,23). The summed E-state index contributed by atoms with van der Waals surface area (Å²) in [5, 5.41) is 6.90. The zero-order valence-electron chi connectivity index (χ0n) is 15.4. The Kier molecular flexibility index (Phi) is 6.46. The van der Waals surface area contributed by atoms with Gasteiger partial charge in [0.25, 0.3) is 5.91 Å². The highest BCUT2D eigenvalue weighted by Crippen LogP contribution is 2.21. The van der Waals surface area contributed by atoms with Gasteiger partial charge in [-0.2, -0.15) is 0 Å². The van der Waals surface area contributed by atoms with E-state index in [2.05, 4.69) is 29.2 Å². The number of carbonyl (C=O) groups excluding carboxylic acids is 1. The lowest BCUT2D eigenvalue weighted by atomic mass is 9.92. The van der Waals surface area contributed by atoms with Crippen molar-refractivity contribution in [1.29, 1.82) is 0 Å². The molecule has 0 aromatic carbocycles. The van der Waals surface area contributed by atoms with Gasteiger partial charge in [-0.25, -0.2) is 0 Å². The molecule has 0 aliphatic carbocycles. The molecule has 1 saturated heterocycles. The summed E-state index contributed by atoms with van der Waals surface area (Å²) >= 11 is 0. The van der Waals surface area contributed by atoms with E-state index in [1.165, 1.54) is 0 Å². The van der Waals surface area contributed by atoms with E-state index in [1.807, 2.05) is 0 Å². The van der Waals surface area contributed by atoms with Gasteiger partial charge < -0.3 is 19.0 Å². The van der Waals surface area contributed by atoms with Crippen LogP contribution < -0.4 is 5.32 Å². The van der Waals surface area contributed by atoms with Crippen molar-refractivity contribution in [2.45, 2.75) is 32.7 Å². The zero-order chi connectivity index (χ0) is 18.4. The number of nitrogens with one attached hydrogen (secondary N) is 1. The minimum Gasteiger partial charge on any atom is -0.461 e. The van der Waals surface area contributed by atoms with Crippen molar-refractivity contribution in [3.05, 3.63) is 30.2 Å². The highest BCUT2D eigenvalue weighted by molar-refractivity contribution is 5.92. The van der Waals surface area contributed by atoms with Crippen LogP contribution in [0.2, 0.25) is 0 Å². The van der Waals surface area contributed by atoms with Crippen LogP contribution in [0, 0.1) is 5.92 Å². The molecular weight excluding hydrogens is 334 g/mol. The zero-order valence-corrected chi connectivity index (χ0v) is 15.4. The lowest BCUT2D eigenvalue weighted by molar-refractivity contribution is 0.00189. The summed E-state index contributed by atoms with van der Waals surface area (Å²) in [6.07, 6.45) is 3.72. The second-order valence-corrected chi connectivity index (χ2v) is 6.56. The third kappa shape index (κ3) is 4.34. The first-order valence-electron chi connectivity index (χ1n) is 9.33. The third-order valence-corrected chi connectivity index (χ3v) is 5.09. The van der Waals surface area contributed by atoms with Crippen LogP contribution in [0.4, 0.5) is 0 Å². The van der Waals surface area contributed by atoms with E-state index in [-0.39, 0.29) is 11.6 Å². The van der Waals surface area contributed by atoms with E-state index >= 15 is 0 Å². The van der Waals surface area contributed by atoms with E-state index in [0.29, 0.717) is 30.0 Å². The van der Waals surface area contributed by atoms with Gasteiger partial charge in [-0.05, 0) is 18.1 Å². The number of morpholine rings is 1. The van der Waals surface area contributed by atoms with Gasteiger partial charge in [-0.1, -0.05) is 31.8 Å². The van der Waals surface area contributed by atoms with Gasteiger partial charge in [-0.15, -0.1) is 0 Å². The molecule has 2 aromatic rings. The van der Waals surface area contributed by atoms with Crippen molar-refractivity contribution in [3.8, 4) is 11.5 Å². The van der Waals surface area contributed by atoms with Crippen LogP contribution in [0.25, 0.3) is 11.5 Å². The normalized spacial score (nSPS) is 16.7. The smallest absolute Gasteiger partial charge is 0.273 e. The van der Waals surface area contributed by atoms with E-state index in [4.69, 9.17) is 13.7 Å². The molecular formula is C19H27N3O4. The van der Waals surface area contributed by atoms with Crippen molar-refractivity contribution in [3.63, 3.8) is 0 Å². The molecule has 2 aromatic heterocycles. The molecule has 1 unspecified atom stereocenters. The molecule has 1 aliphatic heterocycles. The number of ether oxygens (including phenoxy) is 1. The fourth-order valence-corrected chi connectivity index (χ4v) is 3.54. The van der Waals surface area contributed by atoms with Crippen LogP contribution in [-0.4, -0.2) is 54.9 Å². The number of furan rings is 1. The van der Waals surface area contributed by atoms with Crippen LogP contribution >= 0.6 is 0 Å². The fraction of sp³-hybridized carbons (Fsp3) is 0.579. The molecule has 1 N–H and O–H groups in total. The maximum absolute atomic E-state index is 12.5. The predicted octanol–water partition coefficient (Wildman–Crippen LogP) is 2.80. The maximum atomic E-state index is 12.5. The minimum atomic E-state index is -0.226. The largest absolute Gasteiger partial charge is 0.461 e. The summed E-state index contributed by atoms with van der Waals surface area (Å²) < 4.78 is 15.9. The topological polar surface area (TPSA) is 80.7 Å². The van der Waals surface area contributed by atoms with E-state index in [9.17, 15) is 4.79 Å². The second kappa shape index (κ2) is 9.00. The van der Waals surface area contributed by atoms with Crippen molar-refractivity contribution in [1.82, 2.24) is 15.4 Å². The van der Waals surface area contributed by atoms with E-state index < -0.39 is 0 Å². The molecule has 1 atom stereocenters. The molecule has 7 heteroatoms. The fourth-order valence-electron chi connectivity index (χ4n) is 3.54. The Hall–Kier alpha value is -2.12. The molecule has 0 radical (unpaired) electrons. The average molecular weight is 361 g/mol. The van der Waals surface area contributed by atoms with Crippen LogP contribution in [0.5, 0.6) is 0 Å². The summed E-state index contributed by atoms with van der Waals surface area (Å²) in [6, 6.07) is 5.44. The first kappa shape index (κ1) is 18.7. The van der Waals surface area contributed by atoms with Crippen molar-refractivity contribution in [2.75, 3.05) is 32.8 Å². The Morgan fingerprint density at radius 2 is 2.04 bits per heavy atom. The Morgan fingerprint density at radius 1 is 1.27 bits per heavy atom. The van der Waals surface area contributed by atoms with Crippen molar-refractivity contribution in [2.24, 2.45) is 5.92 Å². The summed E-state index contributed by atoms with van der Waals surface area (Å²) in [5.41, 5.74) is 0.265. The lowest BCUT2D eigenvalue weighted by Gasteiger charge is -2.38. The van der Waals surface area contributed by atoms with Gasteiger partial charge in [0, 0.05) is 31.7 Å². The highest BCUT2D eigenvalue weighted by atomic mass is 16.5. The second-order valence-electron chi connectivity index (χ2n) is 6.56. The van der Waals surface area contributed by atoms with Gasteiger partial charge in [0.05, 0.1) is 19.5 Å². The first-order valence-corrected chi connectivity index (χ1v) is 9.33. The summed E-state index contributed by atoms with van der Waals surface area (Å²) in [5.74, 6) is 1.31. The lowest BCUT2D eigenvalue weighted by Crippen LogP contribution is -2.52. The molecule has 0 saturated carbocycles. The molecule has 7 nitrogen and oxygen atoms in total. The Bertz CT molecular complexity index is 673. The van der Waals surface area contributed by atoms with Gasteiger partial charge in [0.1, 0.15) is 0 Å². The predicted molar refractivity (Wildman–Crippen MR) is 96.8 cm³/mol. The molecule has 1 aliphatic rings. The van der Waals surface area contributed by atoms with E-state index in [0.717, 1.165) is 39.1 Å². The van der Waals surface area contributed by atoms with Crippen molar-refractivity contribution < 1.29 is 18.5 Å². The van der Waals surface area contributed by atoms with Gasteiger partial charge >= 0.3 is 0 Å². The summed E-state index contributed by atoms with van der Waals surface area (Å²) in [6.45, 7) is 8.32. The first-order chi connectivity index (χ1) is 12.7. The monoisotopic (exact) mass is 361 g/mol. The minimum absolute atomic E-state index is 0.226. The number of carbonyl (C=O) groups is 1. The molecule has 142 valence electrons. The van der Waals surface area contributed by atoms with Gasteiger partial charge in [-0.3, -0.25) is 9.69 Å². The average Bonchev–Trinajstić information content (AvgIpc) is 3.37. The number of hydrogen-bond acceptors (Lipinski definition) is 6. The maximum Gasteiger partial charge on any atom is 0.273 e. The number of amides is 1. The molecule has 0 spiro atoms. The molecule has 26 heavy (non-hydrogen) atoms. The number of aromatic nitrogens is 1. The number of nitrogens with zero attached hydrogens (tertiary/aromatic N) is 2. The Labute approximate surface area is 153 Å². The molecule has 3 heterocycles. The van der Waals surface area contributed by atoms with Crippen LogP contribution in [0.3, 0.4) is 0 Å². The molecule has 3 rings (SSSR count). The van der Waals surface area contributed by atoms with Crippen molar-refractivity contribution >= 4 is 5.91 Å². The number of rotatable bonds is 8. The van der Waals surface area contributed by atoms with Crippen LogP contribution in [0.1, 0.15) is 37.2 Å². The molecule has 0 bridgehead atoms. The summed E-state index contributed by atoms with van der Waals surface area (Å²) in [7, 11) is 0. The Balaban J connectivity index is 1.63. The summed E-state index contributed by atoms with van der Waals surface area (Å²) in [4.78, 5) is 14.9. The SMILES string of the molecule is CCC(CC)C(CNC(=O)c1cc(-c2ccco2)on1)N1CCOCC1. The van der Waals surface area contributed by atoms with E-state index in [1.54, 1.807) is 24.5 Å². The highest BCUT2D eigenvalue weighted by Gasteiger charge is 2.27.